The van der Waals surface area contributed by atoms with Crippen molar-refractivity contribution in [1.82, 2.24) is 16.2 Å². The fourth-order valence-corrected chi connectivity index (χ4v) is 0.915. The lowest BCUT2D eigenvalue weighted by Gasteiger charge is -2.31. The average molecular weight is 155 g/mol. The first-order chi connectivity index (χ1) is 5.33. The van der Waals surface area contributed by atoms with Crippen LogP contribution in [-0.4, -0.2) is 18.5 Å². The molecule has 0 saturated carbocycles. The molecule has 1 aliphatic heterocycles. The van der Waals surface area contributed by atoms with Crippen molar-refractivity contribution >= 4 is 6.21 Å². The van der Waals surface area contributed by atoms with Gasteiger partial charge in [0.05, 0.1) is 0 Å². The molecule has 0 spiro atoms. The Morgan fingerprint density at radius 3 is 3.00 bits per heavy atom. The third-order valence-electron chi connectivity index (χ3n) is 1.43. The number of nitrogens with one attached hydrogen (secondary N) is 3. The van der Waals surface area contributed by atoms with Crippen LogP contribution in [0.5, 0.6) is 0 Å². The standard InChI is InChI=1S/C6H13N5/c1-2-8-6(10-7)4-3-5-9-11-6/h3-5,8,10-11H,2,7H2,1H3. The molecule has 1 aliphatic rings. The lowest BCUT2D eigenvalue weighted by molar-refractivity contribution is 0.271. The van der Waals surface area contributed by atoms with Crippen LogP contribution in [0.4, 0.5) is 0 Å². The van der Waals surface area contributed by atoms with Crippen molar-refractivity contribution in [2.45, 2.75) is 12.7 Å². The van der Waals surface area contributed by atoms with Gasteiger partial charge in [0, 0.05) is 6.21 Å². The van der Waals surface area contributed by atoms with Crippen molar-refractivity contribution in [2.24, 2.45) is 10.9 Å². The van der Waals surface area contributed by atoms with Crippen LogP contribution in [0, 0.1) is 0 Å². The molecule has 0 aromatic heterocycles. The Balaban J connectivity index is 2.60. The molecule has 5 nitrogen and oxygen atoms in total. The molecule has 0 fully saturated rings. The van der Waals surface area contributed by atoms with Gasteiger partial charge in [-0.15, -0.1) is 0 Å². The Kier molecular flexibility index (Phi) is 2.58. The number of allylic oxidation sites excluding steroid dienone is 1. The van der Waals surface area contributed by atoms with Crippen molar-refractivity contribution in [3.63, 3.8) is 0 Å². The number of hydrazone groups is 1. The smallest absolute Gasteiger partial charge is 0.191 e. The zero-order chi connectivity index (χ0) is 8.16. The molecule has 0 saturated heterocycles. The second-order valence-corrected chi connectivity index (χ2v) is 2.23. The van der Waals surface area contributed by atoms with Gasteiger partial charge in [-0.3, -0.25) is 16.6 Å². The molecule has 0 aliphatic carbocycles. The number of nitrogens with two attached hydrogens (primary N) is 1. The van der Waals surface area contributed by atoms with E-state index in [9.17, 15) is 0 Å². The monoisotopic (exact) mass is 155 g/mol. The normalized spacial score (nSPS) is 28.5. The molecule has 62 valence electrons. The fraction of sp³-hybridized carbons (Fsp3) is 0.500. The summed E-state index contributed by atoms with van der Waals surface area (Å²) in [6.07, 6.45) is 5.34. The van der Waals surface area contributed by atoms with E-state index >= 15 is 0 Å². The van der Waals surface area contributed by atoms with Crippen molar-refractivity contribution in [1.29, 1.82) is 0 Å². The molecular weight excluding hydrogens is 142 g/mol. The van der Waals surface area contributed by atoms with Gasteiger partial charge in [0.15, 0.2) is 5.79 Å². The molecule has 1 unspecified atom stereocenters. The zero-order valence-corrected chi connectivity index (χ0v) is 6.46. The maximum Gasteiger partial charge on any atom is 0.191 e. The minimum atomic E-state index is -0.580. The van der Waals surface area contributed by atoms with Crippen LogP contribution in [0.2, 0.25) is 0 Å². The van der Waals surface area contributed by atoms with Crippen LogP contribution >= 0.6 is 0 Å². The first kappa shape index (κ1) is 8.19. The van der Waals surface area contributed by atoms with E-state index in [2.05, 4.69) is 21.3 Å². The highest BCUT2D eigenvalue weighted by Crippen LogP contribution is 1.98. The summed E-state index contributed by atoms with van der Waals surface area (Å²) in [6, 6.07) is 0. The van der Waals surface area contributed by atoms with Gasteiger partial charge in [0.25, 0.3) is 0 Å². The van der Waals surface area contributed by atoms with Crippen molar-refractivity contribution < 1.29 is 0 Å². The molecular formula is C6H13N5. The molecule has 5 heteroatoms. The van der Waals surface area contributed by atoms with Gasteiger partial charge in [-0.2, -0.15) is 5.10 Å². The van der Waals surface area contributed by atoms with Gasteiger partial charge in [-0.25, -0.2) is 5.43 Å². The second-order valence-electron chi connectivity index (χ2n) is 2.23. The SMILES string of the molecule is CCNC1(NN)C=CC=NN1. The molecule has 11 heavy (non-hydrogen) atoms. The Morgan fingerprint density at radius 2 is 2.55 bits per heavy atom. The average Bonchev–Trinajstić information content (AvgIpc) is 2.07. The topological polar surface area (TPSA) is 74.5 Å². The van der Waals surface area contributed by atoms with Crippen LogP contribution in [0.3, 0.4) is 0 Å². The number of nitrogens with zero attached hydrogens (tertiary/aromatic N) is 1. The van der Waals surface area contributed by atoms with Crippen LogP contribution in [0.25, 0.3) is 0 Å². The Labute approximate surface area is 65.7 Å². The molecule has 1 atom stereocenters. The Morgan fingerprint density at radius 1 is 1.73 bits per heavy atom. The van der Waals surface area contributed by atoms with Gasteiger partial charge in [-0.1, -0.05) is 6.92 Å². The number of hydrogen-bond acceptors (Lipinski definition) is 5. The zero-order valence-electron chi connectivity index (χ0n) is 6.46. The number of hydrogen-bond donors (Lipinski definition) is 4. The molecule has 0 bridgehead atoms. The molecule has 0 amide bonds. The summed E-state index contributed by atoms with van der Waals surface area (Å²) < 4.78 is 0. The van der Waals surface area contributed by atoms with Crippen molar-refractivity contribution in [3.05, 3.63) is 12.2 Å². The molecule has 0 radical (unpaired) electrons. The third-order valence-corrected chi connectivity index (χ3v) is 1.43. The van der Waals surface area contributed by atoms with Gasteiger partial charge in [-0.05, 0) is 18.7 Å². The summed E-state index contributed by atoms with van der Waals surface area (Å²) in [6.45, 7) is 2.80. The summed E-state index contributed by atoms with van der Waals surface area (Å²) in [7, 11) is 0. The Bertz CT molecular complexity index is 176. The summed E-state index contributed by atoms with van der Waals surface area (Å²) in [5.41, 5.74) is 5.41. The van der Waals surface area contributed by atoms with E-state index in [1.54, 1.807) is 6.21 Å². The van der Waals surface area contributed by atoms with E-state index in [0.717, 1.165) is 6.54 Å². The molecule has 1 heterocycles. The highest BCUT2D eigenvalue weighted by Gasteiger charge is 2.23. The van der Waals surface area contributed by atoms with Crippen LogP contribution in [-0.2, 0) is 0 Å². The highest BCUT2D eigenvalue weighted by molar-refractivity contribution is 5.72. The van der Waals surface area contributed by atoms with E-state index in [1.165, 1.54) is 0 Å². The summed E-state index contributed by atoms with van der Waals surface area (Å²) in [5, 5.41) is 6.95. The minimum Gasteiger partial charge on any atom is -0.277 e. The fourth-order valence-electron chi connectivity index (χ4n) is 0.915. The van der Waals surface area contributed by atoms with E-state index in [0.29, 0.717) is 0 Å². The minimum absolute atomic E-state index is 0.580. The number of hydrazine groups is 1. The summed E-state index contributed by atoms with van der Waals surface area (Å²) in [5.74, 6) is 4.74. The van der Waals surface area contributed by atoms with E-state index in [1.807, 2.05) is 19.1 Å². The number of rotatable bonds is 3. The lowest BCUT2D eigenvalue weighted by Crippen LogP contribution is -2.66. The third kappa shape index (κ3) is 1.76. The highest BCUT2D eigenvalue weighted by atomic mass is 15.5. The van der Waals surface area contributed by atoms with Gasteiger partial charge >= 0.3 is 0 Å². The maximum absolute atomic E-state index is 5.32. The predicted octanol–water partition coefficient (Wildman–Crippen LogP) is -1.14. The van der Waals surface area contributed by atoms with Crippen LogP contribution < -0.4 is 22.0 Å². The summed E-state index contributed by atoms with van der Waals surface area (Å²) >= 11 is 0. The second kappa shape index (κ2) is 3.47. The molecule has 5 N–H and O–H groups in total. The van der Waals surface area contributed by atoms with E-state index in [-0.39, 0.29) is 0 Å². The van der Waals surface area contributed by atoms with E-state index in [4.69, 9.17) is 5.84 Å². The van der Waals surface area contributed by atoms with Gasteiger partial charge in [0.1, 0.15) is 0 Å². The first-order valence-corrected chi connectivity index (χ1v) is 3.54. The maximum atomic E-state index is 5.32. The number of likely N-dealkylation sites (N-methyl/N-ethyl adjacent to an activating group) is 1. The predicted molar refractivity (Wildman–Crippen MR) is 44.5 cm³/mol. The quantitative estimate of drug-likeness (QED) is 0.236. The molecule has 1 rings (SSSR count). The van der Waals surface area contributed by atoms with Gasteiger partial charge in [0.2, 0.25) is 0 Å². The van der Waals surface area contributed by atoms with Crippen molar-refractivity contribution in [2.75, 3.05) is 6.54 Å². The van der Waals surface area contributed by atoms with Gasteiger partial charge < -0.3 is 0 Å². The van der Waals surface area contributed by atoms with Crippen LogP contribution in [0.15, 0.2) is 17.3 Å². The largest absolute Gasteiger partial charge is 0.277 e. The molecule has 0 aromatic carbocycles. The van der Waals surface area contributed by atoms with Crippen molar-refractivity contribution in [3.8, 4) is 0 Å². The molecule has 0 aromatic rings. The van der Waals surface area contributed by atoms with Crippen LogP contribution in [0.1, 0.15) is 6.92 Å². The first-order valence-electron chi connectivity index (χ1n) is 3.54. The Hall–Kier alpha value is -0.910. The summed E-state index contributed by atoms with van der Waals surface area (Å²) in [4.78, 5) is 0. The van der Waals surface area contributed by atoms with E-state index < -0.39 is 5.79 Å². The lowest BCUT2D eigenvalue weighted by atomic mass is 10.3.